The van der Waals surface area contributed by atoms with E-state index in [2.05, 4.69) is 26.6 Å². The Kier molecular flexibility index (Phi) is 3.69. The standard InChI is InChI=1S/C11H10BrClN2O2/c12-7-2-1-6(13)5-9(7)15-11(17)8-3-4-10(16)14-8/h1-2,5,8H,3-4H2,(H,14,16)(H,15,17)/t8-/m1/s1. The fourth-order valence-electron chi connectivity index (χ4n) is 1.62. The van der Waals surface area contributed by atoms with Gasteiger partial charge in [-0.05, 0) is 40.5 Å². The quantitative estimate of drug-likeness (QED) is 0.879. The zero-order valence-corrected chi connectivity index (χ0v) is 11.1. The van der Waals surface area contributed by atoms with Gasteiger partial charge in [-0.1, -0.05) is 11.6 Å². The Balaban J connectivity index is 2.07. The molecule has 0 spiro atoms. The third-order valence-electron chi connectivity index (χ3n) is 2.50. The number of carbonyl (C=O) groups excluding carboxylic acids is 2. The fourth-order valence-corrected chi connectivity index (χ4v) is 2.14. The van der Waals surface area contributed by atoms with Gasteiger partial charge in [-0.2, -0.15) is 0 Å². The van der Waals surface area contributed by atoms with Gasteiger partial charge < -0.3 is 10.6 Å². The molecule has 4 nitrogen and oxygen atoms in total. The minimum Gasteiger partial charge on any atom is -0.344 e. The lowest BCUT2D eigenvalue weighted by molar-refractivity contribution is -0.122. The van der Waals surface area contributed by atoms with Crippen LogP contribution in [-0.2, 0) is 9.59 Å². The maximum absolute atomic E-state index is 11.8. The summed E-state index contributed by atoms with van der Waals surface area (Å²) in [4.78, 5) is 22.8. The van der Waals surface area contributed by atoms with E-state index in [0.29, 0.717) is 23.6 Å². The summed E-state index contributed by atoms with van der Waals surface area (Å²) in [6.07, 6.45) is 0.928. The molecule has 2 rings (SSSR count). The third kappa shape index (κ3) is 2.98. The molecular weight excluding hydrogens is 307 g/mol. The molecule has 1 heterocycles. The van der Waals surface area contributed by atoms with Crippen molar-refractivity contribution in [3.8, 4) is 0 Å². The molecule has 1 fully saturated rings. The van der Waals surface area contributed by atoms with Crippen LogP contribution in [0.3, 0.4) is 0 Å². The van der Waals surface area contributed by atoms with Gasteiger partial charge in [0.1, 0.15) is 6.04 Å². The van der Waals surface area contributed by atoms with Gasteiger partial charge in [0.25, 0.3) is 0 Å². The van der Waals surface area contributed by atoms with Crippen molar-refractivity contribution in [3.05, 3.63) is 27.7 Å². The third-order valence-corrected chi connectivity index (χ3v) is 3.42. The Bertz CT molecular complexity index is 479. The van der Waals surface area contributed by atoms with E-state index in [4.69, 9.17) is 11.6 Å². The number of hydrogen-bond donors (Lipinski definition) is 2. The number of halogens is 2. The average Bonchev–Trinajstić information content (AvgIpc) is 2.70. The highest BCUT2D eigenvalue weighted by molar-refractivity contribution is 9.10. The van der Waals surface area contributed by atoms with E-state index in [1.54, 1.807) is 18.2 Å². The maximum Gasteiger partial charge on any atom is 0.246 e. The molecular formula is C11H10BrClN2O2. The molecule has 2 N–H and O–H groups in total. The van der Waals surface area contributed by atoms with Gasteiger partial charge >= 0.3 is 0 Å². The molecule has 17 heavy (non-hydrogen) atoms. The Morgan fingerprint density at radius 2 is 2.29 bits per heavy atom. The topological polar surface area (TPSA) is 58.2 Å². The highest BCUT2D eigenvalue weighted by atomic mass is 79.9. The lowest BCUT2D eigenvalue weighted by Crippen LogP contribution is -2.37. The first-order valence-electron chi connectivity index (χ1n) is 5.11. The minimum atomic E-state index is -0.451. The Morgan fingerprint density at radius 3 is 2.94 bits per heavy atom. The second kappa shape index (κ2) is 5.06. The molecule has 90 valence electrons. The molecule has 6 heteroatoms. The normalized spacial score (nSPS) is 18.9. The van der Waals surface area contributed by atoms with Crippen LogP contribution in [0.4, 0.5) is 5.69 Å². The summed E-state index contributed by atoms with van der Waals surface area (Å²) in [5, 5.41) is 5.88. The van der Waals surface area contributed by atoms with Crippen LogP contribution in [0, 0.1) is 0 Å². The number of hydrogen-bond acceptors (Lipinski definition) is 2. The minimum absolute atomic E-state index is 0.0877. The predicted octanol–water partition coefficient (Wildman–Crippen LogP) is 2.32. The van der Waals surface area contributed by atoms with Crippen molar-refractivity contribution in [3.63, 3.8) is 0 Å². The molecule has 0 unspecified atom stereocenters. The van der Waals surface area contributed by atoms with Crippen molar-refractivity contribution in [2.75, 3.05) is 5.32 Å². The lowest BCUT2D eigenvalue weighted by Gasteiger charge is -2.12. The SMILES string of the molecule is O=C1CC[C@H](C(=O)Nc2cc(Cl)ccc2Br)N1. The molecule has 0 aromatic heterocycles. The fraction of sp³-hybridized carbons (Fsp3) is 0.273. The van der Waals surface area contributed by atoms with Gasteiger partial charge in [-0.15, -0.1) is 0 Å². The monoisotopic (exact) mass is 316 g/mol. The summed E-state index contributed by atoms with van der Waals surface area (Å²) in [6.45, 7) is 0. The Morgan fingerprint density at radius 1 is 1.53 bits per heavy atom. The van der Waals surface area contributed by atoms with Gasteiger partial charge in [0.05, 0.1) is 5.69 Å². The summed E-state index contributed by atoms with van der Waals surface area (Å²) in [7, 11) is 0. The number of carbonyl (C=O) groups is 2. The zero-order valence-electron chi connectivity index (χ0n) is 8.80. The molecule has 1 atom stereocenters. The van der Waals surface area contributed by atoms with Crippen LogP contribution in [0.5, 0.6) is 0 Å². The number of rotatable bonds is 2. The molecule has 1 aliphatic rings. The van der Waals surface area contributed by atoms with Crippen molar-refractivity contribution in [2.24, 2.45) is 0 Å². The first-order valence-corrected chi connectivity index (χ1v) is 6.28. The highest BCUT2D eigenvalue weighted by Gasteiger charge is 2.27. The van der Waals surface area contributed by atoms with Gasteiger partial charge in [0, 0.05) is 15.9 Å². The van der Waals surface area contributed by atoms with E-state index in [-0.39, 0.29) is 11.8 Å². The van der Waals surface area contributed by atoms with Crippen LogP contribution in [0.15, 0.2) is 22.7 Å². The molecule has 1 aromatic rings. The van der Waals surface area contributed by atoms with Crippen molar-refractivity contribution < 1.29 is 9.59 Å². The first kappa shape index (κ1) is 12.4. The average molecular weight is 318 g/mol. The zero-order chi connectivity index (χ0) is 12.4. The number of benzene rings is 1. The summed E-state index contributed by atoms with van der Waals surface area (Å²) < 4.78 is 0.750. The van der Waals surface area contributed by atoms with Gasteiger partial charge in [0.2, 0.25) is 11.8 Å². The van der Waals surface area contributed by atoms with Crippen LogP contribution in [0.25, 0.3) is 0 Å². The van der Waals surface area contributed by atoms with E-state index >= 15 is 0 Å². The summed E-state index contributed by atoms with van der Waals surface area (Å²) in [6, 6.07) is 4.68. The summed E-state index contributed by atoms with van der Waals surface area (Å²) >= 11 is 9.16. The highest BCUT2D eigenvalue weighted by Crippen LogP contribution is 2.26. The van der Waals surface area contributed by atoms with Gasteiger partial charge in [-0.25, -0.2) is 0 Å². The number of anilines is 1. The van der Waals surface area contributed by atoms with Crippen molar-refractivity contribution >= 4 is 45.0 Å². The van der Waals surface area contributed by atoms with Crippen molar-refractivity contribution in [1.29, 1.82) is 0 Å². The summed E-state index contributed by atoms with van der Waals surface area (Å²) in [5.41, 5.74) is 0.601. The molecule has 1 aliphatic heterocycles. The first-order chi connectivity index (χ1) is 8.06. The van der Waals surface area contributed by atoms with E-state index < -0.39 is 6.04 Å². The van der Waals surface area contributed by atoms with Gasteiger partial charge in [-0.3, -0.25) is 9.59 Å². The Hall–Kier alpha value is -1.07. The van der Waals surface area contributed by atoms with E-state index in [9.17, 15) is 9.59 Å². The van der Waals surface area contributed by atoms with Crippen LogP contribution in [-0.4, -0.2) is 17.9 Å². The van der Waals surface area contributed by atoms with Crippen LogP contribution in [0.2, 0.25) is 5.02 Å². The number of nitrogens with one attached hydrogen (secondary N) is 2. The molecule has 0 aliphatic carbocycles. The smallest absolute Gasteiger partial charge is 0.246 e. The van der Waals surface area contributed by atoms with E-state index in [1.807, 2.05) is 0 Å². The summed E-state index contributed by atoms with van der Waals surface area (Å²) in [5.74, 6) is -0.311. The second-order valence-electron chi connectivity index (χ2n) is 3.77. The molecule has 0 bridgehead atoms. The lowest BCUT2D eigenvalue weighted by atomic mass is 10.2. The number of amides is 2. The molecule has 2 amide bonds. The van der Waals surface area contributed by atoms with E-state index in [0.717, 1.165) is 4.47 Å². The molecule has 1 aromatic carbocycles. The largest absolute Gasteiger partial charge is 0.344 e. The second-order valence-corrected chi connectivity index (χ2v) is 5.06. The molecule has 0 saturated carbocycles. The predicted molar refractivity (Wildman–Crippen MR) is 68.9 cm³/mol. The van der Waals surface area contributed by atoms with Crippen molar-refractivity contribution in [2.45, 2.75) is 18.9 Å². The molecule has 0 radical (unpaired) electrons. The van der Waals surface area contributed by atoms with Gasteiger partial charge in [0.15, 0.2) is 0 Å². The van der Waals surface area contributed by atoms with Crippen molar-refractivity contribution in [1.82, 2.24) is 5.32 Å². The van der Waals surface area contributed by atoms with E-state index in [1.165, 1.54) is 0 Å². The maximum atomic E-state index is 11.8. The van der Waals surface area contributed by atoms with Crippen LogP contribution in [0.1, 0.15) is 12.8 Å². The Labute approximate surface area is 112 Å². The van der Waals surface area contributed by atoms with Crippen LogP contribution < -0.4 is 10.6 Å². The van der Waals surface area contributed by atoms with Crippen LogP contribution >= 0.6 is 27.5 Å². The molecule has 1 saturated heterocycles.